The van der Waals surface area contributed by atoms with E-state index in [4.69, 9.17) is 33.8 Å². The molecule has 0 radical (unpaired) electrons. The van der Waals surface area contributed by atoms with Crippen LogP contribution in [0.15, 0.2) is 24.3 Å². The van der Waals surface area contributed by atoms with Crippen LogP contribution in [0.3, 0.4) is 0 Å². The molecule has 12 heteroatoms. The van der Waals surface area contributed by atoms with Crippen molar-refractivity contribution in [1.82, 2.24) is 15.0 Å². The minimum atomic E-state index is -0.644. The lowest BCUT2D eigenvalue weighted by Gasteiger charge is -2.32. The second kappa shape index (κ2) is 12.1. The zero-order valence-corrected chi connectivity index (χ0v) is 19.9. The fourth-order valence-corrected chi connectivity index (χ4v) is 4.08. The predicted molar refractivity (Wildman–Crippen MR) is 126 cm³/mol. The summed E-state index contributed by atoms with van der Waals surface area (Å²) in [6.07, 6.45) is 1.37. The van der Waals surface area contributed by atoms with Crippen LogP contribution < -0.4 is 15.0 Å². The van der Waals surface area contributed by atoms with Crippen LogP contribution in [-0.4, -0.2) is 98.2 Å². The summed E-state index contributed by atoms with van der Waals surface area (Å²) in [6, 6.07) is 7.18. The molecule has 2 N–H and O–H groups in total. The molecule has 3 heterocycles. The van der Waals surface area contributed by atoms with Gasteiger partial charge in [-0.25, -0.2) is 4.79 Å². The monoisotopic (exact) mass is 489 g/mol. The smallest absolute Gasteiger partial charge is 0.411 e. The van der Waals surface area contributed by atoms with E-state index < -0.39 is 6.09 Å². The molecule has 2 fully saturated rings. The number of fused-ring (bicyclic) bond motifs is 2. The van der Waals surface area contributed by atoms with E-state index in [1.807, 2.05) is 0 Å². The molecule has 2 aliphatic heterocycles. The summed E-state index contributed by atoms with van der Waals surface area (Å²) in [5.74, 6) is 0.959. The van der Waals surface area contributed by atoms with Gasteiger partial charge in [-0.05, 0) is 37.1 Å². The highest BCUT2D eigenvalue weighted by Crippen LogP contribution is 2.30. The summed E-state index contributed by atoms with van der Waals surface area (Å²) in [6.45, 7) is 1.74. The third-order valence-electron chi connectivity index (χ3n) is 5.62. The number of morpholine rings is 1. The molecule has 35 heavy (non-hydrogen) atoms. The summed E-state index contributed by atoms with van der Waals surface area (Å²) in [5.41, 5.74) is 1.26. The Morgan fingerprint density at radius 2 is 1.80 bits per heavy atom. The van der Waals surface area contributed by atoms with E-state index in [0.717, 1.165) is 18.4 Å². The molecule has 2 atom stereocenters. The highest BCUT2D eigenvalue weighted by atomic mass is 16.6. The minimum Gasteiger partial charge on any atom is -0.455 e. The van der Waals surface area contributed by atoms with E-state index in [2.05, 4.69) is 20.2 Å². The molecule has 4 rings (SSSR count). The Hall–Kier alpha value is -3.06. The van der Waals surface area contributed by atoms with Gasteiger partial charge in [0.25, 0.3) is 0 Å². The van der Waals surface area contributed by atoms with Crippen molar-refractivity contribution in [3.63, 3.8) is 0 Å². The number of methoxy groups -OCH3 is 2. The number of hydrogen-bond acceptors (Lipinski definition) is 11. The lowest BCUT2D eigenvalue weighted by atomic mass is 10.2. The molecule has 1 aromatic heterocycles. The number of aliphatic hydroxyl groups excluding tert-OH is 1. The lowest BCUT2D eigenvalue weighted by molar-refractivity contribution is 0.0190. The standard InChI is InChI=1S/C23H31N5O7/c1-31-13-19(14-32-2)35-22-26-20(15-3-5-16(6-4-15)24-23(30)33-10-9-29)25-21(27-22)28-11-17-7-8-18(12-28)34-17/h3-6,17-19,29H,7-14H2,1-2H3,(H,24,30). The van der Waals surface area contributed by atoms with Gasteiger partial charge >= 0.3 is 12.1 Å². The Morgan fingerprint density at radius 1 is 1.11 bits per heavy atom. The fourth-order valence-electron chi connectivity index (χ4n) is 4.08. The van der Waals surface area contributed by atoms with E-state index >= 15 is 0 Å². The number of carbonyl (C=O) groups excluding carboxylic acids is 1. The largest absolute Gasteiger partial charge is 0.455 e. The van der Waals surface area contributed by atoms with Gasteiger partial charge in [-0.15, -0.1) is 0 Å². The summed E-state index contributed by atoms with van der Waals surface area (Å²) in [5, 5.41) is 11.4. The van der Waals surface area contributed by atoms with Crippen LogP contribution in [0.4, 0.5) is 16.4 Å². The van der Waals surface area contributed by atoms with Crippen molar-refractivity contribution >= 4 is 17.7 Å². The molecular weight excluding hydrogens is 458 g/mol. The summed E-state index contributed by atoms with van der Waals surface area (Å²) >= 11 is 0. The number of amides is 1. The van der Waals surface area contributed by atoms with Gasteiger partial charge in [0.2, 0.25) is 5.95 Å². The average molecular weight is 490 g/mol. The molecule has 0 aliphatic carbocycles. The van der Waals surface area contributed by atoms with Crippen molar-refractivity contribution < 1.29 is 33.6 Å². The van der Waals surface area contributed by atoms with Crippen molar-refractivity contribution in [3.8, 4) is 17.4 Å². The molecule has 2 saturated heterocycles. The number of hydrogen-bond donors (Lipinski definition) is 2. The molecule has 1 aromatic carbocycles. The number of aromatic nitrogens is 3. The number of nitrogens with one attached hydrogen (secondary N) is 1. The quantitative estimate of drug-likeness (QED) is 0.475. The number of ether oxygens (including phenoxy) is 5. The zero-order valence-electron chi connectivity index (χ0n) is 19.9. The summed E-state index contributed by atoms with van der Waals surface area (Å²) < 4.78 is 27.3. The Morgan fingerprint density at radius 3 is 2.43 bits per heavy atom. The van der Waals surface area contributed by atoms with E-state index in [-0.39, 0.29) is 37.5 Å². The highest BCUT2D eigenvalue weighted by Gasteiger charge is 2.35. The number of rotatable bonds is 11. The maximum atomic E-state index is 11.7. The van der Waals surface area contributed by atoms with Crippen molar-refractivity contribution in [1.29, 1.82) is 0 Å². The first-order valence-electron chi connectivity index (χ1n) is 11.5. The molecular formula is C23H31N5O7. The predicted octanol–water partition coefficient (Wildman–Crippen LogP) is 1.49. The topological polar surface area (TPSA) is 137 Å². The average Bonchev–Trinajstić information content (AvgIpc) is 3.20. The van der Waals surface area contributed by atoms with Crippen LogP contribution in [0.1, 0.15) is 12.8 Å². The van der Waals surface area contributed by atoms with Crippen LogP contribution in [0.2, 0.25) is 0 Å². The van der Waals surface area contributed by atoms with Gasteiger partial charge in [0, 0.05) is 38.6 Å². The molecule has 190 valence electrons. The number of aliphatic hydroxyl groups is 1. The van der Waals surface area contributed by atoms with Gasteiger partial charge in [-0.1, -0.05) is 0 Å². The van der Waals surface area contributed by atoms with E-state index in [9.17, 15) is 4.79 Å². The van der Waals surface area contributed by atoms with Gasteiger partial charge in [0.1, 0.15) is 12.7 Å². The summed E-state index contributed by atoms with van der Waals surface area (Å²) in [7, 11) is 3.18. The Balaban J connectivity index is 1.58. The molecule has 2 aromatic rings. The number of nitrogens with zero attached hydrogens (tertiary/aromatic N) is 4. The number of benzene rings is 1. The van der Waals surface area contributed by atoms with Crippen LogP contribution in [0.25, 0.3) is 11.4 Å². The molecule has 1 amide bonds. The maximum Gasteiger partial charge on any atom is 0.411 e. The summed E-state index contributed by atoms with van der Waals surface area (Å²) in [4.78, 5) is 27.7. The van der Waals surface area contributed by atoms with E-state index in [0.29, 0.717) is 43.8 Å². The molecule has 0 saturated carbocycles. The van der Waals surface area contributed by atoms with Crippen molar-refractivity contribution in [2.24, 2.45) is 0 Å². The molecule has 12 nitrogen and oxygen atoms in total. The van der Waals surface area contributed by atoms with Gasteiger partial charge in [0.05, 0.1) is 32.0 Å². The lowest BCUT2D eigenvalue weighted by Crippen LogP contribution is -2.43. The number of carbonyl (C=O) groups is 1. The van der Waals surface area contributed by atoms with E-state index in [1.54, 1.807) is 38.5 Å². The second-order valence-corrected chi connectivity index (χ2v) is 8.32. The van der Waals surface area contributed by atoms with Crippen molar-refractivity contribution in [3.05, 3.63) is 24.3 Å². The van der Waals surface area contributed by atoms with Crippen LogP contribution in [0, 0.1) is 0 Å². The third kappa shape index (κ3) is 6.75. The van der Waals surface area contributed by atoms with Gasteiger partial charge in [-0.3, -0.25) is 5.32 Å². The maximum absolute atomic E-state index is 11.7. The SMILES string of the molecule is COCC(COC)Oc1nc(-c2ccc(NC(=O)OCCO)cc2)nc(N2CC3CCC(C2)O3)n1. The third-order valence-corrected chi connectivity index (χ3v) is 5.62. The first-order chi connectivity index (χ1) is 17.1. The van der Waals surface area contributed by atoms with Crippen molar-refractivity contribution in [2.45, 2.75) is 31.2 Å². The van der Waals surface area contributed by atoms with Gasteiger partial charge in [-0.2, -0.15) is 15.0 Å². The highest BCUT2D eigenvalue weighted by molar-refractivity contribution is 5.85. The van der Waals surface area contributed by atoms with Gasteiger partial charge < -0.3 is 33.7 Å². The second-order valence-electron chi connectivity index (χ2n) is 8.32. The van der Waals surface area contributed by atoms with Crippen molar-refractivity contribution in [2.75, 3.05) is 64.0 Å². The van der Waals surface area contributed by atoms with Crippen LogP contribution >= 0.6 is 0 Å². The fraction of sp³-hybridized carbons (Fsp3) is 0.565. The Bertz CT molecular complexity index is 959. The molecule has 2 unspecified atom stereocenters. The molecule has 2 bridgehead atoms. The Labute approximate surface area is 203 Å². The zero-order chi connectivity index (χ0) is 24.6. The van der Waals surface area contributed by atoms with Crippen LogP contribution in [0.5, 0.6) is 6.01 Å². The first-order valence-corrected chi connectivity index (χ1v) is 11.5. The normalized spacial score (nSPS) is 19.1. The molecule has 2 aliphatic rings. The van der Waals surface area contributed by atoms with E-state index in [1.165, 1.54) is 0 Å². The number of anilines is 2. The molecule has 0 spiro atoms. The van der Waals surface area contributed by atoms with Crippen LogP contribution in [-0.2, 0) is 18.9 Å². The Kier molecular flexibility index (Phi) is 8.64. The van der Waals surface area contributed by atoms with Gasteiger partial charge in [0.15, 0.2) is 5.82 Å². The minimum absolute atomic E-state index is 0.0727. The first kappa shape index (κ1) is 25.0.